The third-order valence-electron chi connectivity index (χ3n) is 5.08. The predicted molar refractivity (Wildman–Crippen MR) is 115 cm³/mol. The Morgan fingerprint density at radius 2 is 1.87 bits per heavy atom. The molecule has 3 aromatic rings. The molecular formula is C22H20N6OS. The highest BCUT2D eigenvalue weighted by Gasteiger charge is 2.21. The Bertz CT molecular complexity index is 1110. The molecule has 2 heterocycles. The van der Waals surface area contributed by atoms with Gasteiger partial charge >= 0.3 is 0 Å². The van der Waals surface area contributed by atoms with Crippen molar-refractivity contribution in [2.45, 2.75) is 42.6 Å². The van der Waals surface area contributed by atoms with E-state index in [1.54, 1.807) is 12.5 Å². The van der Waals surface area contributed by atoms with E-state index in [1.165, 1.54) is 24.6 Å². The number of thioether (sulfide) groups is 1. The number of benzene rings is 1. The monoisotopic (exact) mass is 416 g/mol. The van der Waals surface area contributed by atoms with Crippen molar-refractivity contribution in [3.05, 3.63) is 53.6 Å². The van der Waals surface area contributed by atoms with Crippen LogP contribution in [0.4, 0.5) is 5.82 Å². The minimum absolute atomic E-state index is 0.116. The lowest BCUT2D eigenvalue weighted by Gasteiger charge is -2.15. The van der Waals surface area contributed by atoms with E-state index in [0.29, 0.717) is 21.9 Å². The van der Waals surface area contributed by atoms with E-state index in [9.17, 15) is 10.5 Å². The molecule has 1 fully saturated rings. The summed E-state index contributed by atoms with van der Waals surface area (Å²) in [6, 6.07) is 11.8. The Kier molecular flexibility index (Phi) is 5.87. The fourth-order valence-corrected chi connectivity index (χ4v) is 4.50. The Labute approximate surface area is 178 Å². The van der Waals surface area contributed by atoms with Gasteiger partial charge in [0, 0.05) is 23.2 Å². The molecule has 8 heteroatoms. The number of rotatable bonds is 6. The number of nitrogen functional groups attached to an aromatic ring is 1. The highest BCUT2D eigenvalue weighted by molar-refractivity contribution is 7.98. The first-order chi connectivity index (χ1) is 14.7. The summed E-state index contributed by atoms with van der Waals surface area (Å²) >= 11 is 1.38. The number of anilines is 1. The van der Waals surface area contributed by atoms with E-state index in [4.69, 9.17) is 10.5 Å². The fourth-order valence-electron chi connectivity index (χ4n) is 3.60. The first kappa shape index (κ1) is 19.8. The van der Waals surface area contributed by atoms with Crippen molar-refractivity contribution in [1.29, 1.82) is 10.5 Å². The molecule has 1 aliphatic rings. The summed E-state index contributed by atoms with van der Waals surface area (Å²) in [5.41, 5.74) is 8.78. The number of aromatic amines is 1. The van der Waals surface area contributed by atoms with E-state index in [2.05, 4.69) is 27.1 Å². The van der Waals surface area contributed by atoms with Gasteiger partial charge in [0.05, 0.1) is 18.0 Å². The topological polar surface area (TPSA) is 124 Å². The van der Waals surface area contributed by atoms with Gasteiger partial charge in [-0.05, 0) is 43.4 Å². The number of ether oxygens (including phenoxy) is 1. The quantitative estimate of drug-likeness (QED) is 0.570. The maximum absolute atomic E-state index is 9.87. The third-order valence-corrected chi connectivity index (χ3v) is 6.11. The molecule has 0 spiro atoms. The molecule has 0 unspecified atom stereocenters. The lowest BCUT2D eigenvalue weighted by Crippen LogP contribution is -2.10. The molecule has 4 rings (SSSR count). The summed E-state index contributed by atoms with van der Waals surface area (Å²) in [5, 5.41) is 20.0. The van der Waals surface area contributed by atoms with Crippen molar-refractivity contribution in [1.82, 2.24) is 15.0 Å². The molecule has 1 saturated carbocycles. The summed E-state index contributed by atoms with van der Waals surface area (Å²) in [5.74, 6) is 1.46. The summed E-state index contributed by atoms with van der Waals surface area (Å²) in [7, 11) is 0. The van der Waals surface area contributed by atoms with Crippen LogP contribution in [0.1, 0.15) is 42.5 Å². The molecule has 0 bridgehead atoms. The largest absolute Gasteiger partial charge is 0.490 e. The van der Waals surface area contributed by atoms with Crippen LogP contribution in [0, 0.1) is 22.7 Å². The molecule has 3 N–H and O–H groups in total. The molecule has 0 amide bonds. The fraction of sp³-hybridized carbons (Fsp3) is 0.273. The number of nitriles is 2. The predicted octanol–water partition coefficient (Wildman–Crippen LogP) is 4.41. The number of aromatic nitrogens is 3. The first-order valence-electron chi connectivity index (χ1n) is 9.70. The minimum Gasteiger partial charge on any atom is -0.490 e. The second kappa shape index (κ2) is 8.89. The van der Waals surface area contributed by atoms with E-state index >= 15 is 0 Å². The van der Waals surface area contributed by atoms with Crippen LogP contribution < -0.4 is 10.5 Å². The summed E-state index contributed by atoms with van der Waals surface area (Å²) in [6.45, 7) is 0. The van der Waals surface area contributed by atoms with Crippen molar-refractivity contribution >= 4 is 17.6 Å². The molecule has 0 aliphatic heterocycles. The second-order valence-corrected chi connectivity index (χ2v) is 8.03. The Morgan fingerprint density at radius 1 is 1.13 bits per heavy atom. The highest BCUT2D eigenvalue weighted by atomic mass is 32.2. The van der Waals surface area contributed by atoms with E-state index in [0.717, 1.165) is 29.8 Å². The molecule has 1 aliphatic carbocycles. The van der Waals surface area contributed by atoms with Crippen molar-refractivity contribution in [2.75, 3.05) is 5.73 Å². The van der Waals surface area contributed by atoms with Gasteiger partial charge in [0.25, 0.3) is 0 Å². The number of hydrogen-bond donors (Lipinski definition) is 2. The van der Waals surface area contributed by atoms with E-state index in [1.807, 2.05) is 24.3 Å². The molecule has 0 saturated heterocycles. The molecule has 7 nitrogen and oxygen atoms in total. The molecule has 0 radical (unpaired) electrons. The molecule has 1 aromatic carbocycles. The Balaban J connectivity index is 1.68. The van der Waals surface area contributed by atoms with Crippen molar-refractivity contribution in [3.8, 4) is 29.0 Å². The van der Waals surface area contributed by atoms with Crippen LogP contribution in [0.3, 0.4) is 0 Å². The first-order valence-corrected chi connectivity index (χ1v) is 10.7. The van der Waals surface area contributed by atoms with Gasteiger partial charge in [-0.15, -0.1) is 0 Å². The van der Waals surface area contributed by atoms with Crippen molar-refractivity contribution < 1.29 is 4.74 Å². The van der Waals surface area contributed by atoms with Gasteiger partial charge in [0.2, 0.25) is 0 Å². The lowest BCUT2D eigenvalue weighted by molar-refractivity contribution is 0.210. The number of imidazole rings is 1. The summed E-state index contributed by atoms with van der Waals surface area (Å²) < 4.78 is 6.03. The van der Waals surface area contributed by atoms with Crippen LogP contribution >= 0.6 is 11.8 Å². The SMILES string of the molecule is N#Cc1c(N)nc(SCc2cnc[nH]2)c(C#N)c1-c1ccc(OC2CCCC2)cc1. The number of nitrogens with one attached hydrogen (secondary N) is 1. The maximum Gasteiger partial charge on any atom is 0.143 e. The highest BCUT2D eigenvalue weighted by Crippen LogP contribution is 2.37. The molecule has 30 heavy (non-hydrogen) atoms. The zero-order valence-corrected chi connectivity index (χ0v) is 17.1. The second-order valence-electron chi connectivity index (χ2n) is 7.07. The lowest BCUT2D eigenvalue weighted by atomic mass is 9.97. The van der Waals surface area contributed by atoms with Crippen molar-refractivity contribution in [2.24, 2.45) is 0 Å². The maximum atomic E-state index is 9.87. The van der Waals surface area contributed by atoms with E-state index < -0.39 is 0 Å². The van der Waals surface area contributed by atoms with Crippen LogP contribution in [0.5, 0.6) is 5.75 Å². The minimum atomic E-state index is 0.116. The third kappa shape index (κ3) is 4.10. The number of pyridine rings is 1. The van der Waals surface area contributed by atoms with Crippen molar-refractivity contribution in [3.63, 3.8) is 0 Å². The van der Waals surface area contributed by atoms with Gasteiger partial charge in [0.1, 0.15) is 34.3 Å². The van der Waals surface area contributed by atoms with Gasteiger partial charge in [-0.1, -0.05) is 23.9 Å². The van der Waals surface area contributed by atoms with Crippen LogP contribution in [-0.2, 0) is 5.75 Å². The zero-order valence-electron chi connectivity index (χ0n) is 16.3. The average molecular weight is 417 g/mol. The molecule has 150 valence electrons. The van der Waals surface area contributed by atoms with Gasteiger partial charge in [-0.25, -0.2) is 9.97 Å². The van der Waals surface area contributed by atoms with E-state index in [-0.39, 0.29) is 17.5 Å². The molecular weight excluding hydrogens is 396 g/mol. The van der Waals surface area contributed by atoms with Gasteiger partial charge in [-0.3, -0.25) is 0 Å². The normalized spacial score (nSPS) is 13.7. The number of hydrogen-bond acceptors (Lipinski definition) is 7. The number of nitrogens with zero attached hydrogens (tertiary/aromatic N) is 4. The molecule has 2 aromatic heterocycles. The summed E-state index contributed by atoms with van der Waals surface area (Å²) in [6.07, 6.45) is 8.15. The number of H-pyrrole nitrogens is 1. The Hall–Kier alpha value is -3.49. The Morgan fingerprint density at radius 3 is 2.50 bits per heavy atom. The van der Waals surface area contributed by atoms with Gasteiger partial charge < -0.3 is 15.5 Å². The standard InChI is InChI=1S/C22H20N6OS/c23-9-18-20(14-5-7-17(8-6-14)29-16-3-1-2-4-16)19(10-24)22(28-21(18)25)30-12-15-11-26-13-27-15/h5-8,11,13,16H,1-4,12H2,(H2,25,28)(H,26,27). The smallest absolute Gasteiger partial charge is 0.143 e. The zero-order chi connectivity index (χ0) is 20.9. The van der Waals surface area contributed by atoms with Crippen LogP contribution in [-0.4, -0.2) is 21.1 Å². The molecule has 0 atom stereocenters. The van der Waals surface area contributed by atoms with Gasteiger partial charge in [-0.2, -0.15) is 10.5 Å². The van der Waals surface area contributed by atoms with Crippen LogP contribution in [0.25, 0.3) is 11.1 Å². The summed E-state index contributed by atoms with van der Waals surface area (Å²) in [4.78, 5) is 11.3. The van der Waals surface area contributed by atoms with Crippen LogP contribution in [0.15, 0.2) is 41.8 Å². The number of nitrogens with two attached hydrogens (primary N) is 1. The van der Waals surface area contributed by atoms with Gasteiger partial charge in [0.15, 0.2) is 0 Å². The average Bonchev–Trinajstić information content (AvgIpc) is 3.46. The van der Waals surface area contributed by atoms with Crippen LogP contribution in [0.2, 0.25) is 0 Å².